The van der Waals surface area contributed by atoms with Gasteiger partial charge in [-0.2, -0.15) is 0 Å². The van der Waals surface area contributed by atoms with Gasteiger partial charge in [-0.15, -0.1) is 0 Å². The predicted molar refractivity (Wildman–Crippen MR) is 52.7 cm³/mol. The summed E-state index contributed by atoms with van der Waals surface area (Å²) in [6, 6.07) is 0.268. The van der Waals surface area contributed by atoms with Crippen LogP contribution in [0.25, 0.3) is 0 Å². The highest BCUT2D eigenvalue weighted by Crippen LogP contribution is 2.12. The summed E-state index contributed by atoms with van der Waals surface area (Å²) in [5.41, 5.74) is 0. The van der Waals surface area contributed by atoms with Crippen LogP contribution in [-0.2, 0) is 0 Å². The van der Waals surface area contributed by atoms with Crippen LogP contribution in [0.1, 0.15) is 13.3 Å². The fourth-order valence-corrected chi connectivity index (χ4v) is 1.55. The van der Waals surface area contributed by atoms with Gasteiger partial charge in [-0.1, -0.05) is 0 Å². The lowest BCUT2D eigenvalue weighted by Gasteiger charge is -2.22. The molecule has 1 rings (SSSR count). The Labute approximate surface area is 79.7 Å². The monoisotopic (exact) mass is 185 g/mol. The molecule has 1 aliphatic rings. The maximum atomic E-state index is 11.3. The Morgan fingerprint density at radius 3 is 2.77 bits per heavy atom. The number of rotatable bonds is 2. The second-order valence-electron chi connectivity index (χ2n) is 3.89. The van der Waals surface area contributed by atoms with E-state index in [0.29, 0.717) is 5.92 Å². The van der Waals surface area contributed by atoms with Crippen LogP contribution in [0.15, 0.2) is 0 Å². The number of hydrogen-bond donors (Lipinski definition) is 2. The van der Waals surface area contributed by atoms with E-state index in [9.17, 15) is 4.79 Å². The Kier molecular flexibility index (Phi) is 3.54. The number of hydrogen-bond acceptors (Lipinski definition) is 2. The minimum absolute atomic E-state index is 0.000556. The van der Waals surface area contributed by atoms with Crippen LogP contribution in [0, 0.1) is 5.92 Å². The zero-order valence-corrected chi connectivity index (χ0v) is 8.63. The first-order valence-corrected chi connectivity index (χ1v) is 4.80. The smallest absolute Gasteiger partial charge is 0.317 e. The summed E-state index contributed by atoms with van der Waals surface area (Å²) in [7, 11) is 3.52. The van der Waals surface area contributed by atoms with E-state index in [1.54, 1.807) is 19.0 Å². The summed E-state index contributed by atoms with van der Waals surface area (Å²) in [5, 5.41) is 6.26. The molecule has 0 aromatic heterocycles. The fraction of sp³-hybridized carbons (Fsp3) is 0.889. The molecule has 4 nitrogen and oxygen atoms in total. The summed E-state index contributed by atoms with van der Waals surface area (Å²) >= 11 is 0. The van der Waals surface area contributed by atoms with Crippen LogP contribution >= 0.6 is 0 Å². The van der Waals surface area contributed by atoms with E-state index in [2.05, 4.69) is 17.6 Å². The summed E-state index contributed by atoms with van der Waals surface area (Å²) in [6.07, 6.45) is 1.16. The molecule has 2 amide bonds. The average molecular weight is 185 g/mol. The second-order valence-corrected chi connectivity index (χ2v) is 3.89. The molecular weight excluding hydrogens is 166 g/mol. The van der Waals surface area contributed by atoms with E-state index >= 15 is 0 Å². The fourth-order valence-electron chi connectivity index (χ4n) is 1.55. The van der Waals surface area contributed by atoms with Crippen LogP contribution in [0.5, 0.6) is 0 Å². The van der Waals surface area contributed by atoms with E-state index in [0.717, 1.165) is 19.5 Å². The topological polar surface area (TPSA) is 44.4 Å². The largest absolute Gasteiger partial charge is 0.335 e. The van der Waals surface area contributed by atoms with Gasteiger partial charge in [0.2, 0.25) is 0 Å². The Bertz CT molecular complexity index is 176. The molecule has 2 unspecified atom stereocenters. The molecule has 1 fully saturated rings. The molecule has 2 N–H and O–H groups in total. The van der Waals surface area contributed by atoms with Crippen molar-refractivity contribution >= 4 is 6.03 Å². The molecule has 4 heteroatoms. The Morgan fingerprint density at radius 1 is 1.62 bits per heavy atom. The van der Waals surface area contributed by atoms with Gasteiger partial charge in [0.1, 0.15) is 0 Å². The third-order valence-electron chi connectivity index (χ3n) is 2.56. The first-order chi connectivity index (χ1) is 6.11. The minimum atomic E-state index is -0.000556. The van der Waals surface area contributed by atoms with E-state index in [1.165, 1.54) is 0 Å². The minimum Gasteiger partial charge on any atom is -0.335 e. The average Bonchev–Trinajstić information content (AvgIpc) is 2.55. The Hall–Kier alpha value is -0.770. The van der Waals surface area contributed by atoms with Gasteiger partial charge in [-0.25, -0.2) is 4.79 Å². The predicted octanol–water partition coefficient (Wildman–Crippen LogP) is 0.256. The number of urea groups is 1. The van der Waals surface area contributed by atoms with E-state index < -0.39 is 0 Å². The first kappa shape index (κ1) is 10.3. The third-order valence-corrected chi connectivity index (χ3v) is 2.56. The Balaban J connectivity index is 2.31. The highest BCUT2D eigenvalue weighted by Gasteiger charge is 2.22. The maximum Gasteiger partial charge on any atom is 0.317 e. The molecule has 1 heterocycles. The summed E-state index contributed by atoms with van der Waals surface area (Å²) in [5.74, 6) is 0.587. The molecule has 13 heavy (non-hydrogen) atoms. The third kappa shape index (κ3) is 2.88. The number of carbonyl (C=O) groups excluding carboxylic acids is 1. The van der Waals surface area contributed by atoms with Crippen LogP contribution in [-0.4, -0.2) is 44.2 Å². The maximum absolute atomic E-state index is 11.3. The lowest BCUT2D eigenvalue weighted by atomic mass is 10.0. The lowest BCUT2D eigenvalue weighted by molar-refractivity contribution is 0.210. The molecule has 0 bridgehead atoms. The lowest BCUT2D eigenvalue weighted by Crippen LogP contribution is -2.43. The highest BCUT2D eigenvalue weighted by molar-refractivity contribution is 5.73. The van der Waals surface area contributed by atoms with Gasteiger partial charge in [0.15, 0.2) is 0 Å². The van der Waals surface area contributed by atoms with Crippen molar-refractivity contribution in [2.75, 3.05) is 27.2 Å². The van der Waals surface area contributed by atoms with Crippen molar-refractivity contribution in [3.05, 3.63) is 0 Å². The first-order valence-electron chi connectivity index (χ1n) is 4.80. The van der Waals surface area contributed by atoms with Crippen molar-refractivity contribution in [1.29, 1.82) is 0 Å². The van der Waals surface area contributed by atoms with Crippen molar-refractivity contribution in [1.82, 2.24) is 15.5 Å². The molecule has 76 valence electrons. The molecule has 0 spiro atoms. The van der Waals surface area contributed by atoms with Crippen molar-refractivity contribution in [2.45, 2.75) is 19.4 Å². The van der Waals surface area contributed by atoms with Gasteiger partial charge < -0.3 is 15.5 Å². The standard InChI is InChI=1S/C9H19N3O/c1-7(8-4-5-10-6-8)11-9(13)12(2)3/h7-8,10H,4-6H2,1-3H3,(H,11,13). The van der Waals surface area contributed by atoms with Crippen LogP contribution in [0.4, 0.5) is 4.79 Å². The van der Waals surface area contributed by atoms with Crippen LogP contribution in [0.3, 0.4) is 0 Å². The number of nitrogens with zero attached hydrogens (tertiary/aromatic N) is 1. The summed E-state index contributed by atoms with van der Waals surface area (Å²) in [6.45, 7) is 4.17. The zero-order chi connectivity index (χ0) is 9.84. The van der Waals surface area contributed by atoms with Crippen molar-refractivity contribution < 1.29 is 4.79 Å². The van der Waals surface area contributed by atoms with E-state index in [1.807, 2.05) is 0 Å². The molecule has 1 saturated heterocycles. The quantitative estimate of drug-likeness (QED) is 0.648. The van der Waals surface area contributed by atoms with Gasteiger partial charge >= 0.3 is 6.03 Å². The van der Waals surface area contributed by atoms with Gasteiger partial charge in [0.05, 0.1) is 0 Å². The van der Waals surface area contributed by atoms with Crippen LogP contribution < -0.4 is 10.6 Å². The SMILES string of the molecule is CC(NC(=O)N(C)C)C1CCNC1. The van der Waals surface area contributed by atoms with Gasteiger partial charge in [0, 0.05) is 20.1 Å². The van der Waals surface area contributed by atoms with E-state index in [4.69, 9.17) is 0 Å². The Morgan fingerprint density at radius 2 is 2.31 bits per heavy atom. The number of amides is 2. The normalized spacial score (nSPS) is 24.1. The molecule has 0 aromatic rings. The molecular formula is C9H19N3O. The molecule has 1 aliphatic heterocycles. The number of carbonyl (C=O) groups is 1. The van der Waals surface area contributed by atoms with Crippen molar-refractivity contribution in [3.63, 3.8) is 0 Å². The van der Waals surface area contributed by atoms with Gasteiger partial charge in [-0.3, -0.25) is 0 Å². The van der Waals surface area contributed by atoms with Crippen molar-refractivity contribution in [2.24, 2.45) is 5.92 Å². The second kappa shape index (κ2) is 4.46. The summed E-state index contributed by atoms with van der Waals surface area (Å²) < 4.78 is 0. The number of nitrogens with one attached hydrogen (secondary N) is 2. The zero-order valence-electron chi connectivity index (χ0n) is 8.63. The van der Waals surface area contributed by atoms with Gasteiger partial charge in [-0.05, 0) is 32.4 Å². The molecule has 0 radical (unpaired) electrons. The van der Waals surface area contributed by atoms with E-state index in [-0.39, 0.29) is 12.1 Å². The summed E-state index contributed by atoms with van der Waals surface area (Å²) in [4.78, 5) is 12.9. The van der Waals surface area contributed by atoms with Crippen molar-refractivity contribution in [3.8, 4) is 0 Å². The molecule has 2 atom stereocenters. The molecule has 0 aliphatic carbocycles. The molecule has 0 aromatic carbocycles. The van der Waals surface area contributed by atoms with Crippen LogP contribution in [0.2, 0.25) is 0 Å². The van der Waals surface area contributed by atoms with Gasteiger partial charge in [0.25, 0.3) is 0 Å². The molecule has 0 saturated carbocycles. The highest BCUT2D eigenvalue weighted by atomic mass is 16.2.